The third kappa shape index (κ3) is 5.38. The van der Waals surface area contributed by atoms with Crippen molar-refractivity contribution in [2.75, 3.05) is 0 Å². The maximum atomic E-state index is 10.5. The van der Waals surface area contributed by atoms with Crippen molar-refractivity contribution in [1.29, 1.82) is 0 Å². The van der Waals surface area contributed by atoms with Crippen LogP contribution in [-0.4, -0.2) is 62.6 Å². The number of hydrogen-bond acceptors (Lipinski definition) is 3. The van der Waals surface area contributed by atoms with Gasteiger partial charge in [-0.1, -0.05) is 103 Å². The lowest BCUT2D eigenvalue weighted by Crippen LogP contribution is -2.55. The summed E-state index contributed by atoms with van der Waals surface area (Å²) in [6.07, 6.45) is 4.52. The first-order valence-corrected chi connectivity index (χ1v) is 15.8. The van der Waals surface area contributed by atoms with Crippen LogP contribution in [0.25, 0.3) is 0 Å². The average molecular weight is 798 g/mol. The summed E-state index contributed by atoms with van der Waals surface area (Å²) in [5, 5.41) is 31.5. The number of aliphatic hydroxyl groups is 3. The highest BCUT2D eigenvalue weighted by molar-refractivity contribution is 9.10. The molecule has 0 aromatic rings. The smallest absolute Gasteiger partial charge is 0.0790 e. The van der Waals surface area contributed by atoms with Gasteiger partial charge in [0.15, 0.2) is 0 Å². The predicted molar refractivity (Wildman–Crippen MR) is 141 cm³/mol. The van der Waals surface area contributed by atoms with Crippen LogP contribution in [0.5, 0.6) is 0 Å². The fourth-order valence-electron chi connectivity index (χ4n) is 5.96. The van der Waals surface area contributed by atoms with Gasteiger partial charge in [-0.05, 0) is 61.7 Å². The standard InChI is InChI=1S/C20H30Br6O3/c1-20(8-2-11(21)17(27)12(22)3-8,9-4-13(23)18(28)14(24)5-9)10-6-15(25)19(29)16(26)7-10/h8-19,27-29H,2-7H2,1H3. The lowest BCUT2D eigenvalue weighted by atomic mass is 9.52. The molecule has 0 bridgehead atoms. The molecule has 0 heterocycles. The lowest BCUT2D eigenvalue weighted by molar-refractivity contribution is -0.0567. The van der Waals surface area contributed by atoms with Crippen molar-refractivity contribution < 1.29 is 15.3 Å². The molecule has 0 aromatic carbocycles. The van der Waals surface area contributed by atoms with E-state index in [0.29, 0.717) is 17.8 Å². The van der Waals surface area contributed by atoms with Gasteiger partial charge in [0.25, 0.3) is 0 Å². The Labute approximate surface area is 224 Å². The minimum atomic E-state index is -0.377. The van der Waals surface area contributed by atoms with E-state index >= 15 is 0 Å². The van der Waals surface area contributed by atoms with Crippen molar-refractivity contribution in [1.82, 2.24) is 0 Å². The van der Waals surface area contributed by atoms with E-state index in [1.807, 2.05) is 0 Å². The Kier molecular flexibility index (Phi) is 9.61. The van der Waals surface area contributed by atoms with Gasteiger partial charge in [0.2, 0.25) is 0 Å². The molecule has 3 aliphatic carbocycles. The van der Waals surface area contributed by atoms with Crippen LogP contribution in [0.2, 0.25) is 0 Å². The van der Waals surface area contributed by atoms with Gasteiger partial charge in [-0.15, -0.1) is 0 Å². The normalized spacial score (nSPS) is 54.0. The van der Waals surface area contributed by atoms with Gasteiger partial charge >= 0.3 is 0 Å². The van der Waals surface area contributed by atoms with E-state index in [9.17, 15) is 15.3 Å². The second-order valence-corrected chi connectivity index (χ2v) is 16.5. The maximum absolute atomic E-state index is 10.5. The molecule has 0 aliphatic heterocycles. The maximum Gasteiger partial charge on any atom is 0.0790 e. The third-order valence-corrected chi connectivity index (χ3v) is 13.4. The topological polar surface area (TPSA) is 60.7 Å². The van der Waals surface area contributed by atoms with Crippen LogP contribution in [0.15, 0.2) is 0 Å². The Morgan fingerprint density at radius 3 is 0.828 bits per heavy atom. The fourth-order valence-corrected chi connectivity index (χ4v) is 12.1. The van der Waals surface area contributed by atoms with Crippen LogP contribution >= 0.6 is 95.6 Å². The van der Waals surface area contributed by atoms with Crippen molar-refractivity contribution >= 4 is 95.6 Å². The minimum Gasteiger partial charge on any atom is -0.391 e. The SMILES string of the molecule is CC(C1CC(Br)C(O)C(Br)C1)(C1CC(Br)C(O)C(Br)C1)C1CC(Br)C(O)C(Br)C1. The molecule has 3 nitrogen and oxygen atoms in total. The second-order valence-electron chi connectivity index (χ2n) is 9.44. The molecule has 0 aromatic heterocycles. The molecular weight excluding hydrogens is 768 g/mol. The molecule has 3 saturated carbocycles. The monoisotopic (exact) mass is 792 g/mol. The summed E-state index contributed by atoms with van der Waals surface area (Å²) in [6, 6.07) is 0. The molecule has 6 unspecified atom stereocenters. The van der Waals surface area contributed by atoms with Crippen molar-refractivity contribution in [3.05, 3.63) is 0 Å². The summed E-state index contributed by atoms with van der Waals surface area (Å²) in [4.78, 5) is 0.458. The summed E-state index contributed by atoms with van der Waals surface area (Å²) in [5.74, 6) is 1.33. The minimum absolute atomic E-state index is 0.0362. The first kappa shape index (κ1) is 26.4. The molecular formula is C20H30Br6O3. The molecule has 170 valence electrons. The quantitative estimate of drug-likeness (QED) is 0.313. The van der Waals surface area contributed by atoms with E-state index in [-0.39, 0.29) is 52.7 Å². The lowest BCUT2D eigenvalue weighted by Gasteiger charge is -2.57. The Hall–Kier alpha value is 2.76. The molecule has 3 rings (SSSR count). The Morgan fingerprint density at radius 1 is 0.483 bits per heavy atom. The third-order valence-electron chi connectivity index (χ3n) is 7.92. The van der Waals surface area contributed by atoms with Gasteiger partial charge in [0, 0.05) is 29.0 Å². The molecule has 0 amide bonds. The van der Waals surface area contributed by atoms with Crippen LogP contribution in [0.4, 0.5) is 0 Å². The first-order valence-electron chi connectivity index (χ1n) is 10.3. The molecule has 0 radical (unpaired) electrons. The van der Waals surface area contributed by atoms with E-state index < -0.39 is 0 Å². The van der Waals surface area contributed by atoms with Gasteiger partial charge < -0.3 is 15.3 Å². The number of hydrogen-bond donors (Lipinski definition) is 3. The van der Waals surface area contributed by atoms with Crippen LogP contribution in [0, 0.1) is 23.2 Å². The van der Waals surface area contributed by atoms with E-state index in [1.165, 1.54) is 0 Å². The van der Waals surface area contributed by atoms with Crippen molar-refractivity contribution in [2.24, 2.45) is 23.2 Å². The number of rotatable bonds is 3. The second kappa shape index (κ2) is 10.6. The summed E-state index contributed by atoms with van der Waals surface area (Å²) < 4.78 is 0. The fraction of sp³-hybridized carbons (Fsp3) is 1.00. The highest BCUT2D eigenvalue weighted by Gasteiger charge is 2.55. The van der Waals surface area contributed by atoms with Crippen LogP contribution in [-0.2, 0) is 0 Å². The largest absolute Gasteiger partial charge is 0.391 e. The Bertz CT molecular complexity index is 458. The van der Waals surface area contributed by atoms with E-state index in [4.69, 9.17) is 0 Å². The first-order chi connectivity index (χ1) is 13.5. The Balaban J connectivity index is 1.95. The number of alkyl halides is 6. The van der Waals surface area contributed by atoms with E-state index in [0.717, 1.165) is 38.5 Å². The van der Waals surface area contributed by atoms with Gasteiger partial charge in [-0.3, -0.25) is 0 Å². The Morgan fingerprint density at radius 2 is 0.655 bits per heavy atom. The van der Waals surface area contributed by atoms with Crippen molar-refractivity contribution in [3.63, 3.8) is 0 Å². The highest BCUT2D eigenvalue weighted by Crippen LogP contribution is 2.59. The number of halogens is 6. The molecule has 0 spiro atoms. The molecule has 0 saturated heterocycles. The van der Waals surface area contributed by atoms with Crippen LogP contribution in [0.1, 0.15) is 45.4 Å². The van der Waals surface area contributed by atoms with Gasteiger partial charge in [-0.25, -0.2) is 0 Å². The van der Waals surface area contributed by atoms with Crippen LogP contribution in [0.3, 0.4) is 0 Å². The molecule has 9 heteroatoms. The summed E-state index contributed by atoms with van der Waals surface area (Å²) in [7, 11) is 0. The summed E-state index contributed by atoms with van der Waals surface area (Å²) in [6.45, 7) is 2.44. The van der Waals surface area contributed by atoms with Crippen molar-refractivity contribution in [2.45, 2.75) is 92.7 Å². The average Bonchev–Trinajstić information content (AvgIpc) is 2.66. The molecule has 3 aliphatic rings. The van der Waals surface area contributed by atoms with E-state index in [2.05, 4.69) is 103 Å². The van der Waals surface area contributed by atoms with Gasteiger partial charge in [0.1, 0.15) is 0 Å². The van der Waals surface area contributed by atoms with Gasteiger partial charge in [-0.2, -0.15) is 0 Å². The molecule has 29 heavy (non-hydrogen) atoms. The molecule has 6 atom stereocenters. The van der Waals surface area contributed by atoms with Crippen molar-refractivity contribution in [3.8, 4) is 0 Å². The van der Waals surface area contributed by atoms with Gasteiger partial charge in [0.05, 0.1) is 18.3 Å². The number of aliphatic hydroxyl groups excluding tert-OH is 3. The zero-order valence-electron chi connectivity index (χ0n) is 16.3. The predicted octanol–water partition coefficient (Wildman–Crippen LogP) is 5.89. The van der Waals surface area contributed by atoms with Crippen LogP contribution < -0.4 is 0 Å². The summed E-state index contributed by atoms with van der Waals surface area (Å²) in [5.41, 5.74) is 0.0362. The zero-order valence-corrected chi connectivity index (χ0v) is 25.8. The molecule has 3 N–H and O–H groups in total. The molecule has 3 fully saturated rings. The highest BCUT2D eigenvalue weighted by atomic mass is 79.9. The zero-order chi connectivity index (χ0) is 21.7. The summed E-state index contributed by atoms with van der Waals surface area (Å²) >= 11 is 22.5. The van der Waals surface area contributed by atoms with E-state index in [1.54, 1.807) is 0 Å².